The van der Waals surface area contributed by atoms with Crippen molar-refractivity contribution in [3.05, 3.63) is 77.0 Å². The lowest BCUT2D eigenvalue weighted by Gasteiger charge is -2.31. The van der Waals surface area contributed by atoms with Crippen molar-refractivity contribution in [1.29, 1.82) is 0 Å². The summed E-state index contributed by atoms with van der Waals surface area (Å²) in [7, 11) is 1.95. The Hall–Kier alpha value is -3.63. The molecule has 2 heterocycles. The third-order valence-electron chi connectivity index (χ3n) is 7.02. The van der Waals surface area contributed by atoms with Crippen LogP contribution in [0.4, 0.5) is 18.9 Å². The highest BCUT2D eigenvalue weighted by molar-refractivity contribution is 6.03. The first-order valence-corrected chi connectivity index (χ1v) is 12.3. The standard InChI is InChI=1S/C28H29F3N4O3/c1-15-8-16(10-18(9-15)35(2)3)19-6-7-32-13-24(19)34-28(38)23-5-4-20(29)27(33-23)26-21(30)11-17(12-22(26)31)25(37)14-36/h4-7,11-13,15-16,18,25,36-37H,2,8-10,14H2,1,3H3/p+1. The molecule has 4 atom stereocenters. The number of carbonyl (C=O) groups is 1. The Balaban J connectivity index is 1.63. The molecule has 0 radical (unpaired) electrons. The van der Waals surface area contributed by atoms with E-state index in [1.165, 1.54) is 6.20 Å². The van der Waals surface area contributed by atoms with Crippen LogP contribution in [-0.4, -0.2) is 57.1 Å². The van der Waals surface area contributed by atoms with Crippen LogP contribution in [0.2, 0.25) is 0 Å². The Labute approximate surface area is 218 Å². The number of nitrogens with one attached hydrogen (secondary N) is 1. The molecule has 1 saturated carbocycles. The third kappa shape index (κ3) is 5.76. The smallest absolute Gasteiger partial charge is 0.274 e. The molecule has 0 saturated heterocycles. The van der Waals surface area contributed by atoms with Crippen molar-refractivity contribution in [1.82, 2.24) is 9.97 Å². The molecule has 0 bridgehead atoms. The van der Waals surface area contributed by atoms with Crippen molar-refractivity contribution >= 4 is 18.3 Å². The third-order valence-corrected chi connectivity index (χ3v) is 7.02. The summed E-state index contributed by atoms with van der Waals surface area (Å²) in [5.41, 5.74) is -0.548. The van der Waals surface area contributed by atoms with Crippen LogP contribution >= 0.6 is 0 Å². The predicted molar refractivity (Wildman–Crippen MR) is 137 cm³/mol. The molecule has 4 rings (SSSR count). The van der Waals surface area contributed by atoms with E-state index in [0.717, 1.165) is 49.1 Å². The molecule has 200 valence electrons. The zero-order valence-corrected chi connectivity index (χ0v) is 21.2. The van der Waals surface area contributed by atoms with E-state index in [-0.39, 0.29) is 23.2 Å². The maximum absolute atomic E-state index is 14.8. The fourth-order valence-electron chi connectivity index (χ4n) is 5.09. The van der Waals surface area contributed by atoms with Gasteiger partial charge in [0, 0.05) is 19.0 Å². The summed E-state index contributed by atoms with van der Waals surface area (Å²) in [6.07, 6.45) is 4.49. The number of aliphatic hydroxyl groups excluding tert-OH is 2. The highest BCUT2D eigenvalue weighted by Crippen LogP contribution is 2.39. The van der Waals surface area contributed by atoms with Crippen LogP contribution in [0.15, 0.2) is 42.7 Å². The van der Waals surface area contributed by atoms with E-state index in [9.17, 15) is 23.1 Å². The van der Waals surface area contributed by atoms with Gasteiger partial charge in [0.25, 0.3) is 5.91 Å². The van der Waals surface area contributed by atoms with Crippen LogP contribution < -0.4 is 5.32 Å². The molecule has 1 amide bonds. The van der Waals surface area contributed by atoms with Gasteiger partial charge in [0.05, 0.1) is 24.1 Å². The van der Waals surface area contributed by atoms with Gasteiger partial charge < -0.3 is 15.5 Å². The highest BCUT2D eigenvalue weighted by atomic mass is 19.1. The maximum atomic E-state index is 14.8. The molecule has 2 aromatic heterocycles. The van der Waals surface area contributed by atoms with E-state index in [1.807, 2.05) is 17.7 Å². The fraction of sp³-hybridized carbons (Fsp3) is 0.357. The zero-order valence-electron chi connectivity index (χ0n) is 21.2. The zero-order chi connectivity index (χ0) is 27.6. The van der Waals surface area contributed by atoms with Crippen molar-refractivity contribution in [3.8, 4) is 11.3 Å². The molecular formula is C28H30F3N4O3+. The molecular weight excluding hydrogens is 497 g/mol. The minimum atomic E-state index is -1.51. The van der Waals surface area contributed by atoms with Crippen LogP contribution in [0.25, 0.3) is 11.3 Å². The first-order chi connectivity index (χ1) is 18.1. The quantitative estimate of drug-likeness (QED) is 0.312. The van der Waals surface area contributed by atoms with E-state index >= 15 is 0 Å². The van der Waals surface area contributed by atoms with E-state index in [4.69, 9.17) is 5.11 Å². The van der Waals surface area contributed by atoms with Crippen molar-refractivity contribution in [3.63, 3.8) is 0 Å². The normalized spacial score (nSPS) is 20.1. The van der Waals surface area contributed by atoms with Gasteiger partial charge in [-0.3, -0.25) is 9.78 Å². The van der Waals surface area contributed by atoms with E-state index in [2.05, 4.69) is 28.9 Å². The Morgan fingerprint density at radius 3 is 2.53 bits per heavy atom. The highest BCUT2D eigenvalue weighted by Gasteiger charge is 2.33. The summed E-state index contributed by atoms with van der Waals surface area (Å²) in [5, 5.41) is 21.5. The number of aliphatic hydroxyl groups is 2. The fourth-order valence-corrected chi connectivity index (χ4v) is 5.09. The summed E-state index contributed by atoms with van der Waals surface area (Å²) < 4.78 is 46.2. The molecule has 10 heteroatoms. The van der Waals surface area contributed by atoms with Crippen molar-refractivity contribution in [2.24, 2.45) is 5.92 Å². The Morgan fingerprint density at radius 2 is 1.87 bits per heavy atom. The maximum Gasteiger partial charge on any atom is 0.274 e. The number of nitrogens with zero attached hydrogens (tertiary/aromatic N) is 3. The molecule has 0 aliphatic heterocycles. The lowest BCUT2D eigenvalue weighted by Crippen LogP contribution is -2.32. The number of halogens is 3. The van der Waals surface area contributed by atoms with Crippen LogP contribution in [-0.2, 0) is 0 Å². The van der Waals surface area contributed by atoms with E-state index < -0.39 is 47.3 Å². The molecule has 1 aromatic carbocycles. The SMILES string of the molecule is C=[N+](C)C1CC(C)CC(c2ccncc2NC(=O)c2ccc(F)c(-c3c(F)cc(C(O)CO)cc3F)n2)C1. The van der Waals surface area contributed by atoms with Gasteiger partial charge in [0.1, 0.15) is 48.7 Å². The molecule has 7 nitrogen and oxygen atoms in total. The Bertz CT molecular complexity index is 1340. The first kappa shape index (κ1) is 27.4. The summed E-state index contributed by atoms with van der Waals surface area (Å²) in [6, 6.07) is 5.76. The molecule has 3 N–H and O–H groups in total. The lowest BCUT2D eigenvalue weighted by molar-refractivity contribution is -0.536. The van der Waals surface area contributed by atoms with Crippen molar-refractivity contribution < 1.29 is 32.8 Å². The number of pyridine rings is 2. The summed E-state index contributed by atoms with van der Waals surface area (Å²) in [5.74, 6) is -3.50. The van der Waals surface area contributed by atoms with Gasteiger partial charge in [-0.1, -0.05) is 6.92 Å². The number of rotatable bonds is 7. The molecule has 1 aliphatic carbocycles. The molecule has 38 heavy (non-hydrogen) atoms. The second-order valence-corrected chi connectivity index (χ2v) is 9.92. The van der Waals surface area contributed by atoms with Crippen LogP contribution in [0, 0.1) is 23.4 Å². The second-order valence-electron chi connectivity index (χ2n) is 9.92. The van der Waals surface area contributed by atoms with Gasteiger partial charge in [0.2, 0.25) is 0 Å². The molecule has 1 aliphatic rings. The van der Waals surface area contributed by atoms with Gasteiger partial charge in [0.15, 0.2) is 6.04 Å². The van der Waals surface area contributed by atoms with Crippen LogP contribution in [0.3, 0.4) is 0 Å². The molecule has 0 spiro atoms. The Morgan fingerprint density at radius 1 is 1.16 bits per heavy atom. The number of hydrogen-bond donors (Lipinski definition) is 3. The summed E-state index contributed by atoms with van der Waals surface area (Å²) >= 11 is 0. The molecule has 1 fully saturated rings. The number of amides is 1. The largest absolute Gasteiger partial charge is 0.393 e. The van der Waals surface area contributed by atoms with E-state index in [1.54, 1.807) is 6.20 Å². The van der Waals surface area contributed by atoms with Crippen LogP contribution in [0.5, 0.6) is 0 Å². The first-order valence-electron chi connectivity index (χ1n) is 12.3. The minimum absolute atomic E-state index is 0.152. The topological polar surface area (TPSA) is 98.4 Å². The average Bonchev–Trinajstić information content (AvgIpc) is 2.88. The second kappa shape index (κ2) is 11.4. The minimum Gasteiger partial charge on any atom is -0.393 e. The van der Waals surface area contributed by atoms with Gasteiger partial charge in [-0.2, -0.15) is 0 Å². The van der Waals surface area contributed by atoms with Gasteiger partial charge in [-0.25, -0.2) is 22.7 Å². The van der Waals surface area contributed by atoms with Crippen molar-refractivity contribution in [2.45, 2.75) is 44.2 Å². The van der Waals surface area contributed by atoms with Crippen molar-refractivity contribution in [2.75, 3.05) is 19.0 Å². The van der Waals surface area contributed by atoms with Gasteiger partial charge in [-0.05, 0) is 59.7 Å². The van der Waals surface area contributed by atoms with Gasteiger partial charge in [-0.15, -0.1) is 0 Å². The number of benzene rings is 1. The Kier molecular flexibility index (Phi) is 8.23. The van der Waals surface area contributed by atoms with Gasteiger partial charge >= 0.3 is 0 Å². The molecule has 3 aromatic rings. The monoisotopic (exact) mass is 527 g/mol. The number of hydrogen-bond acceptors (Lipinski definition) is 5. The number of anilines is 1. The number of aromatic nitrogens is 2. The van der Waals surface area contributed by atoms with E-state index in [0.29, 0.717) is 11.6 Å². The lowest BCUT2D eigenvalue weighted by atomic mass is 9.76. The molecule has 4 unspecified atom stereocenters. The average molecular weight is 528 g/mol. The predicted octanol–water partition coefficient (Wildman–Crippen LogP) is 4.45. The summed E-state index contributed by atoms with van der Waals surface area (Å²) in [6.45, 7) is 5.48. The number of carbonyl (C=O) groups excluding carboxylic acids is 1. The summed E-state index contributed by atoms with van der Waals surface area (Å²) in [4.78, 5) is 21.2. The van der Waals surface area contributed by atoms with Crippen LogP contribution in [0.1, 0.15) is 59.8 Å².